The predicted molar refractivity (Wildman–Crippen MR) is 67.4 cm³/mol. The average molecular weight is 280 g/mol. The molecule has 19 heavy (non-hydrogen) atoms. The molecule has 0 spiro atoms. The lowest BCUT2D eigenvalue weighted by atomic mass is 9.78. The minimum atomic E-state index is -4.28. The Labute approximate surface area is 112 Å². The van der Waals surface area contributed by atoms with Crippen LogP contribution < -0.4 is 5.73 Å². The monoisotopic (exact) mass is 280 g/mol. The highest BCUT2D eigenvalue weighted by molar-refractivity contribution is 5.79. The zero-order valence-electron chi connectivity index (χ0n) is 11.5. The van der Waals surface area contributed by atoms with E-state index in [0.29, 0.717) is 32.2 Å². The molecule has 0 saturated heterocycles. The maximum absolute atomic E-state index is 13.0. The maximum atomic E-state index is 13.0. The standard InChI is InChI=1S/C13H23F3N2O/c1-9(7-8-17)18(2)12(19)10-5-3-4-6-11(10)13(14,15)16/h9-11H,3-8,17H2,1-2H3. The summed E-state index contributed by atoms with van der Waals surface area (Å²) in [6, 6.07) is -0.117. The van der Waals surface area contributed by atoms with Crippen molar-refractivity contribution in [2.75, 3.05) is 13.6 Å². The highest BCUT2D eigenvalue weighted by Crippen LogP contribution is 2.42. The summed E-state index contributed by atoms with van der Waals surface area (Å²) in [6.45, 7) is 2.24. The lowest BCUT2D eigenvalue weighted by Crippen LogP contribution is -2.46. The summed E-state index contributed by atoms with van der Waals surface area (Å²) in [4.78, 5) is 13.7. The van der Waals surface area contributed by atoms with E-state index in [9.17, 15) is 18.0 Å². The summed E-state index contributed by atoms with van der Waals surface area (Å²) in [5, 5.41) is 0. The van der Waals surface area contributed by atoms with Gasteiger partial charge in [-0.15, -0.1) is 0 Å². The Balaban J connectivity index is 2.77. The van der Waals surface area contributed by atoms with E-state index in [1.54, 1.807) is 7.05 Å². The van der Waals surface area contributed by atoms with E-state index in [2.05, 4.69) is 0 Å². The van der Waals surface area contributed by atoms with Gasteiger partial charge in [-0.05, 0) is 32.7 Å². The van der Waals surface area contributed by atoms with E-state index in [4.69, 9.17) is 5.73 Å². The molecule has 2 N–H and O–H groups in total. The zero-order valence-corrected chi connectivity index (χ0v) is 11.5. The summed E-state index contributed by atoms with van der Waals surface area (Å²) < 4.78 is 38.9. The maximum Gasteiger partial charge on any atom is 0.392 e. The molecule has 3 nitrogen and oxygen atoms in total. The molecule has 0 aromatic heterocycles. The van der Waals surface area contributed by atoms with Crippen LogP contribution in [0.2, 0.25) is 0 Å². The molecule has 0 radical (unpaired) electrons. The normalized spacial score (nSPS) is 26.0. The lowest BCUT2D eigenvalue weighted by Gasteiger charge is -2.36. The minimum Gasteiger partial charge on any atom is -0.343 e. The van der Waals surface area contributed by atoms with Crippen molar-refractivity contribution >= 4 is 5.91 Å². The van der Waals surface area contributed by atoms with Crippen molar-refractivity contribution in [3.63, 3.8) is 0 Å². The first-order valence-corrected chi connectivity index (χ1v) is 6.82. The highest BCUT2D eigenvalue weighted by Gasteiger charge is 2.48. The van der Waals surface area contributed by atoms with Crippen molar-refractivity contribution in [3.05, 3.63) is 0 Å². The first-order valence-electron chi connectivity index (χ1n) is 6.82. The third kappa shape index (κ3) is 4.09. The van der Waals surface area contributed by atoms with E-state index in [1.807, 2.05) is 6.92 Å². The topological polar surface area (TPSA) is 46.3 Å². The van der Waals surface area contributed by atoms with Crippen LogP contribution in [0, 0.1) is 11.8 Å². The number of carbonyl (C=O) groups is 1. The summed E-state index contributed by atoms with van der Waals surface area (Å²) in [5.41, 5.74) is 5.42. The first-order chi connectivity index (χ1) is 8.79. The van der Waals surface area contributed by atoms with Crippen LogP contribution in [-0.2, 0) is 4.79 Å². The van der Waals surface area contributed by atoms with Gasteiger partial charge in [0, 0.05) is 19.0 Å². The molecule has 1 aliphatic carbocycles. The molecule has 1 rings (SSSR count). The van der Waals surface area contributed by atoms with Crippen LogP contribution in [0.5, 0.6) is 0 Å². The number of hydrogen-bond donors (Lipinski definition) is 1. The van der Waals surface area contributed by atoms with Crippen molar-refractivity contribution < 1.29 is 18.0 Å². The number of alkyl halides is 3. The Bertz CT molecular complexity index is 307. The first kappa shape index (κ1) is 16.3. The van der Waals surface area contributed by atoms with Crippen LogP contribution in [0.4, 0.5) is 13.2 Å². The van der Waals surface area contributed by atoms with Gasteiger partial charge in [-0.2, -0.15) is 13.2 Å². The molecular weight excluding hydrogens is 257 g/mol. The second-order valence-corrected chi connectivity index (χ2v) is 5.41. The van der Waals surface area contributed by atoms with Crippen LogP contribution in [0.15, 0.2) is 0 Å². The van der Waals surface area contributed by atoms with E-state index in [1.165, 1.54) is 4.90 Å². The van der Waals surface area contributed by atoms with Crippen molar-refractivity contribution in [2.24, 2.45) is 17.6 Å². The average Bonchev–Trinajstić information content (AvgIpc) is 2.36. The Kier molecular flexibility index (Phi) is 5.64. The molecule has 6 heteroatoms. The molecule has 0 aromatic rings. The van der Waals surface area contributed by atoms with Gasteiger partial charge in [-0.3, -0.25) is 4.79 Å². The van der Waals surface area contributed by atoms with Crippen molar-refractivity contribution in [1.82, 2.24) is 4.90 Å². The van der Waals surface area contributed by atoms with Crippen LogP contribution >= 0.6 is 0 Å². The van der Waals surface area contributed by atoms with E-state index >= 15 is 0 Å². The summed E-state index contributed by atoms with van der Waals surface area (Å²) in [6.07, 6.45) is -2.02. The number of halogens is 3. The van der Waals surface area contributed by atoms with E-state index in [0.717, 1.165) is 0 Å². The van der Waals surface area contributed by atoms with Gasteiger partial charge in [0.25, 0.3) is 0 Å². The lowest BCUT2D eigenvalue weighted by molar-refractivity contribution is -0.201. The minimum absolute atomic E-state index is 0.0685. The molecule has 0 bridgehead atoms. The van der Waals surface area contributed by atoms with Gasteiger partial charge >= 0.3 is 6.18 Å². The van der Waals surface area contributed by atoms with Gasteiger partial charge in [0.1, 0.15) is 0 Å². The molecule has 1 fully saturated rings. The molecule has 112 valence electrons. The van der Waals surface area contributed by atoms with Crippen molar-refractivity contribution in [3.8, 4) is 0 Å². The Morgan fingerprint density at radius 2 is 1.95 bits per heavy atom. The smallest absolute Gasteiger partial charge is 0.343 e. The highest BCUT2D eigenvalue weighted by atomic mass is 19.4. The fourth-order valence-electron chi connectivity index (χ4n) is 2.73. The predicted octanol–water partition coefficient (Wildman–Crippen LogP) is 2.55. The Morgan fingerprint density at radius 1 is 1.37 bits per heavy atom. The van der Waals surface area contributed by atoms with Gasteiger partial charge in [0.05, 0.1) is 5.92 Å². The molecule has 0 aromatic carbocycles. The van der Waals surface area contributed by atoms with Gasteiger partial charge in [-0.1, -0.05) is 12.8 Å². The van der Waals surface area contributed by atoms with E-state index < -0.39 is 18.0 Å². The quantitative estimate of drug-likeness (QED) is 0.860. The molecule has 0 aliphatic heterocycles. The molecular formula is C13H23F3N2O. The number of hydrogen-bond acceptors (Lipinski definition) is 2. The molecule has 0 heterocycles. The van der Waals surface area contributed by atoms with E-state index in [-0.39, 0.29) is 18.4 Å². The second kappa shape index (κ2) is 6.59. The second-order valence-electron chi connectivity index (χ2n) is 5.41. The largest absolute Gasteiger partial charge is 0.392 e. The number of nitrogens with zero attached hydrogens (tertiary/aromatic N) is 1. The Hall–Kier alpha value is -0.780. The molecule has 3 atom stereocenters. The van der Waals surface area contributed by atoms with Crippen molar-refractivity contribution in [2.45, 2.75) is 51.2 Å². The van der Waals surface area contributed by atoms with Crippen LogP contribution in [0.25, 0.3) is 0 Å². The van der Waals surface area contributed by atoms with Gasteiger partial charge < -0.3 is 10.6 Å². The molecule has 1 aliphatic rings. The van der Waals surface area contributed by atoms with Crippen LogP contribution in [0.1, 0.15) is 39.0 Å². The SMILES string of the molecule is CC(CCN)N(C)C(=O)C1CCCCC1C(F)(F)F. The summed E-state index contributed by atoms with van der Waals surface area (Å²) in [7, 11) is 1.57. The third-order valence-electron chi connectivity index (χ3n) is 4.10. The number of amides is 1. The van der Waals surface area contributed by atoms with Crippen molar-refractivity contribution in [1.29, 1.82) is 0 Å². The molecule has 1 amide bonds. The Morgan fingerprint density at radius 3 is 2.47 bits per heavy atom. The number of rotatable bonds is 4. The molecule has 3 unspecified atom stereocenters. The van der Waals surface area contributed by atoms with Gasteiger partial charge in [0.15, 0.2) is 0 Å². The molecule has 1 saturated carbocycles. The number of nitrogens with two attached hydrogens (primary N) is 1. The number of carbonyl (C=O) groups excluding carboxylic acids is 1. The fourth-order valence-corrected chi connectivity index (χ4v) is 2.73. The van der Waals surface area contributed by atoms with Gasteiger partial charge in [0.2, 0.25) is 5.91 Å². The van der Waals surface area contributed by atoms with Gasteiger partial charge in [-0.25, -0.2) is 0 Å². The van der Waals surface area contributed by atoms with Crippen LogP contribution in [0.3, 0.4) is 0 Å². The summed E-state index contributed by atoms with van der Waals surface area (Å²) in [5.74, 6) is -2.79. The fraction of sp³-hybridized carbons (Fsp3) is 0.923. The summed E-state index contributed by atoms with van der Waals surface area (Å²) >= 11 is 0. The van der Waals surface area contributed by atoms with Crippen LogP contribution in [-0.4, -0.2) is 36.6 Å². The zero-order chi connectivity index (χ0) is 14.6. The third-order valence-corrected chi connectivity index (χ3v) is 4.10.